The SMILES string of the molecule is CS(=O)(=O)c1ccc(NC[C@H](O)c2ccccc2F)c([N+](=O)[O-])c1. The third-order valence-corrected chi connectivity index (χ3v) is 4.45. The van der Waals surface area contributed by atoms with E-state index < -0.39 is 32.4 Å². The van der Waals surface area contributed by atoms with Gasteiger partial charge in [0, 0.05) is 24.4 Å². The van der Waals surface area contributed by atoms with E-state index in [0.29, 0.717) is 0 Å². The summed E-state index contributed by atoms with van der Waals surface area (Å²) in [5, 5.41) is 23.8. The van der Waals surface area contributed by atoms with Crippen molar-refractivity contribution in [3.05, 3.63) is 64.0 Å². The molecule has 7 nitrogen and oxygen atoms in total. The number of nitrogens with one attached hydrogen (secondary N) is 1. The highest BCUT2D eigenvalue weighted by molar-refractivity contribution is 7.90. The second-order valence-corrected chi connectivity index (χ2v) is 7.14. The van der Waals surface area contributed by atoms with Crippen LogP contribution in [0.25, 0.3) is 0 Å². The van der Waals surface area contributed by atoms with Gasteiger partial charge in [0.15, 0.2) is 9.84 Å². The fraction of sp³-hybridized carbons (Fsp3) is 0.200. The fourth-order valence-electron chi connectivity index (χ4n) is 2.10. The summed E-state index contributed by atoms with van der Waals surface area (Å²) in [7, 11) is -3.59. The van der Waals surface area contributed by atoms with Crippen LogP contribution in [0, 0.1) is 15.9 Å². The van der Waals surface area contributed by atoms with Gasteiger partial charge in [-0.3, -0.25) is 10.1 Å². The molecule has 2 aromatic rings. The first kappa shape index (κ1) is 17.8. The third kappa shape index (κ3) is 4.06. The van der Waals surface area contributed by atoms with Crippen molar-refractivity contribution in [2.75, 3.05) is 18.1 Å². The van der Waals surface area contributed by atoms with Crippen LogP contribution in [-0.4, -0.2) is 31.2 Å². The molecule has 0 radical (unpaired) electrons. The summed E-state index contributed by atoms with van der Waals surface area (Å²) in [4.78, 5) is 10.2. The predicted molar refractivity (Wildman–Crippen MR) is 86.1 cm³/mol. The van der Waals surface area contributed by atoms with E-state index in [4.69, 9.17) is 0 Å². The number of nitrogens with zero attached hydrogens (tertiary/aromatic N) is 1. The molecule has 2 rings (SSSR count). The summed E-state index contributed by atoms with van der Waals surface area (Å²) in [6.45, 7) is -0.181. The summed E-state index contributed by atoms with van der Waals surface area (Å²) in [5.74, 6) is -0.589. The summed E-state index contributed by atoms with van der Waals surface area (Å²) in [5.41, 5.74) is -0.359. The van der Waals surface area contributed by atoms with Gasteiger partial charge in [0.1, 0.15) is 11.5 Å². The Kier molecular flexibility index (Phi) is 5.15. The van der Waals surface area contributed by atoms with Crippen molar-refractivity contribution in [3.8, 4) is 0 Å². The number of hydrogen-bond donors (Lipinski definition) is 2. The molecular formula is C15H15FN2O5S. The molecule has 0 saturated heterocycles. The molecule has 0 fully saturated rings. The second-order valence-electron chi connectivity index (χ2n) is 5.13. The van der Waals surface area contributed by atoms with Gasteiger partial charge in [0.25, 0.3) is 5.69 Å². The van der Waals surface area contributed by atoms with Crippen molar-refractivity contribution < 1.29 is 22.8 Å². The van der Waals surface area contributed by atoms with Crippen molar-refractivity contribution in [2.24, 2.45) is 0 Å². The van der Waals surface area contributed by atoms with E-state index in [1.54, 1.807) is 6.07 Å². The highest BCUT2D eigenvalue weighted by atomic mass is 32.2. The number of nitro benzene ring substituents is 1. The van der Waals surface area contributed by atoms with Gasteiger partial charge in [-0.2, -0.15) is 0 Å². The molecule has 0 spiro atoms. The average Bonchev–Trinajstić information content (AvgIpc) is 2.51. The summed E-state index contributed by atoms with van der Waals surface area (Å²) < 4.78 is 36.6. The predicted octanol–water partition coefficient (Wildman–Crippen LogP) is 2.28. The third-order valence-electron chi connectivity index (χ3n) is 3.34. The largest absolute Gasteiger partial charge is 0.386 e. The minimum Gasteiger partial charge on any atom is -0.386 e. The van der Waals surface area contributed by atoms with Crippen molar-refractivity contribution in [3.63, 3.8) is 0 Å². The Balaban J connectivity index is 2.24. The van der Waals surface area contributed by atoms with Crippen LogP contribution < -0.4 is 5.32 Å². The number of halogens is 1. The maximum absolute atomic E-state index is 13.6. The number of rotatable bonds is 6. The van der Waals surface area contributed by atoms with Gasteiger partial charge >= 0.3 is 0 Å². The first-order valence-electron chi connectivity index (χ1n) is 6.85. The Morgan fingerprint density at radius 3 is 2.54 bits per heavy atom. The molecule has 2 N–H and O–H groups in total. The highest BCUT2D eigenvalue weighted by Gasteiger charge is 2.20. The second kappa shape index (κ2) is 6.93. The molecule has 9 heteroatoms. The fourth-order valence-corrected chi connectivity index (χ4v) is 2.75. The molecule has 0 saturated carbocycles. The summed E-state index contributed by atoms with van der Waals surface area (Å²) in [6.07, 6.45) is -0.276. The van der Waals surface area contributed by atoms with Crippen molar-refractivity contribution >= 4 is 21.2 Å². The Labute approximate surface area is 137 Å². The molecule has 0 aliphatic heterocycles. The smallest absolute Gasteiger partial charge is 0.293 e. The minimum atomic E-state index is -3.59. The van der Waals surface area contributed by atoms with Crippen LogP contribution in [0.4, 0.5) is 15.8 Å². The molecular weight excluding hydrogens is 339 g/mol. The summed E-state index contributed by atoms with van der Waals surface area (Å²) in [6, 6.07) is 9.04. The molecule has 0 aromatic heterocycles. The van der Waals surface area contributed by atoms with E-state index in [1.165, 1.54) is 30.3 Å². The van der Waals surface area contributed by atoms with Crippen LogP contribution in [-0.2, 0) is 9.84 Å². The Hall–Kier alpha value is -2.52. The lowest BCUT2D eigenvalue weighted by atomic mass is 10.1. The quantitative estimate of drug-likeness (QED) is 0.608. The molecule has 128 valence electrons. The van der Waals surface area contributed by atoms with E-state index >= 15 is 0 Å². The number of benzene rings is 2. The average molecular weight is 354 g/mol. The van der Waals surface area contributed by atoms with Crippen LogP contribution in [0.15, 0.2) is 47.4 Å². The lowest BCUT2D eigenvalue weighted by Gasteiger charge is -2.14. The van der Waals surface area contributed by atoms with Crippen LogP contribution in [0.5, 0.6) is 0 Å². The van der Waals surface area contributed by atoms with Gasteiger partial charge in [-0.25, -0.2) is 12.8 Å². The van der Waals surface area contributed by atoms with Crippen molar-refractivity contribution in [1.29, 1.82) is 0 Å². The van der Waals surface area contributed by atoms with E-state index in [1.807, 2.05) is 0 Å². The van der Waals surface area contributed by atoms with Crippen molar-refractivity contribution in [1.82, 2.24) is 0 Å². The maximum atomic E-state index is 13.6. The molecule has 0 aliphatic rings. The van der Waals surface area contributed by atoms with Gasteiger partial charge in [0.2, 0.25) is 0 Å². The zero-order chi connectivity index (χ0) is 17.9. The molecule has 0 unspecified atom stereocenters. The standard InChI is InChI=1S/C15H15FN2O5S/c1-24(22,23)10-6-7-13(14(8-10)18(20)21)17-9-15(19)11-4-2-3-5-12(11)16/h2-8,15,17,19H,9H2,1H3/t15-/m0/s1. The maximum Gasteiger partial charge on any atom is 0.293 e. The summed E-state index contributed by atoms with van der Waals surface area (Å²) >= 11 is 0. The molecule has 1 atom stereocenters. The molecule has 0 bridgehead atoms. The van der Waals surface area contributed by atoms with Crippen LogP contribution in [0.2, 0.25) is 0 Å². The van der Waals surface area contributed by atoms with E-state index in [-0.39, 0.29) is 22.7 Å². The first-order valence-corrected chi connectivity index (χ1v) is 8.74. The number of aliphatic hydroxyl groups is 1. The monoisotopic (exact) mass is 354 g/mol. The Morgan fingerprint density at radius 2 is 1.96 bits per heavy atom. The molecule has 2 aromatic carbocycles. The van der Waals surface area contributed by atoms with Gasteiger partial charge in [-0.15, -0.1) is 0 Å². The molecule has 0 heterocycles. The number of nitro groups is 1. The van der Waals surface area contributed by atoms with Crippen LogP contribution >= 0.6 is 0 Å². The number of anilines is 1. The van der Waals surface area contributed by atoms with Crippen LogP contribution in [0.1, 0.15) is 11.7 Å². The Morgan fingerprint density at radius 1 is 1.29 bits per heavy atom. The number of hydrogen-bond acceptors (Lipinski definition) is 6. The van der Waals surface area contributed by atoms with E-state index in [9.17, 15) is 28.0 Å². The lowest BCUT2D eigenvalue weighted by Crippen LogP contribution is -2.14. The zero-order valence-electron chi connectivity index (χ0n) is 12.6. The van der Waals surface area contributed by atoms with Gasteiger partial charge in [-0.05, 0) is 18.2 Å². The highest BCUT2D eigenvalue weighted by Crippen LogP contribution is 2.28. The van der Waals surface area contributed by atoms with Gasteiger partial charge in [0.05, 0.1) is 15.9 Å². The minimum absolute atomic E-state index is 0.0304. The zero-order valence-corrected chi connectivity index (χ0v) is 13.5. The Bertz CT molecular complexity index is 870. The molecule has 0 amide bonds. The topological polar surface area (TPSA) is 110 Å². The van der Waals surface area contributed by atoms with Crippen molar-refractivity contribution in [2.45, 2.75) is 11.0 Å². The molecule has 0 aliphatic carbocycles. The van der Waals surface area contributed by atoms with Gasteiger partial charge in [-0.1, -0.05) is 18.2 Å². The van der Waals surface area contributed by atoms with E-state index in [2.05, 4.69) is 5.32 Å². The first-order chi connectivity index (χ1) is 11.2. The molecule has 24 heavy (non-hydrogen) atoms. The van der Waals surface area contributed by atoms with Crippen LogP contribution in [0.3, 0.4) is 0 Å². The number of aliphatic hydroxyl groups excluding tert-OH is 1. The lowest BCUT2D eigenvalue weighted by molar-refractivity contribution is -0.384. The number of sulfone groups is 1. The normalized spacial score (nSPS) is 12.6. The van der Waals surface area contributed by atoms with Gasteiger partial charge < -0.3 is 10.4 Å². The van der Waals surface area contributed by atoms with E-state index in [0.717, 1.165) is 12.3 Å².